The van der Waals surface area contributed by atoms with Crippen LogP contribution in [0.3, 0.4) is 0 Å². The number of ether oxygens (including phenoxy) is 4. The van der Waals surface area contributed by atoms with Crippen molar-refractivity contribution in [2.45, 2.75) is 58.7 Å². The Morgan fingerprint density at radius 3 is 1.95 bits per heavy atom. The molecule has 0 unspecified atom stereocenters. The monoisotopic (exact) mass is 274 g/mol. The summed E-state index contributed by atoms with van der Waals surface area (Å²) in [5, 5.41) is 0. The van der Waals surface area contributed by atoms with Gasteiger partial charge in [0.1, 0.15) is 6.10 Å². The summed E-state index contributed by atoms with van der Waals surface area (Å²) in [6.07, 6.45) is -2.65. The van der Waals surface area contributed by atoms with E-state index in [0.29, 0.717) is 0 Å². The van der Waals surface area contributed by atoms with Crippen LogP contribution in [-0.2, 0) is 33.3 Å². The predicted octanol–water partition coefficient (Wildman–Crippen LogP) is 0.548. The maximum atomic E-state index is 11.1. The van der Waals surface area contributed by atoms with Crippen LogP contribution in [0.25, 0.3) is 0 Å². The van der Waals surface area contributed by atoms with E-state index in [1.54, 1.807) is 6.92 Å². The maximum absolute atomic E-state index is 11.1. The molecule has 1 rings (SSSR count). The first-order chi connectivity index (χ1) is 8.79. The zero-order chi connectivity index (χ0) is 14.6. The molecule has 0 aromatic rings. The van der Waals surface area contributed by atoms with Gasteiger partial charge in [0.2, 0.25) is 6.29 Å². The third kappa shape index (κ3) is 4.86. The third-order valence-corrected chi connectivity index (χ3v) is 2.54. The Balaban J connectivity index is 2.77. The Morgan fingerprint density at radius 1 is 0.947 bits per heavy atom. The topological polar surface area (TPSA) is 88.1 Å². The predicted molar refractivity (Wildman–Crippen MR) is 61.8 cm³/mol. The number of carbonyl (C=O) groups is 3. The van der Waals surface area contributed by atoms with Crippen LogP contribution in [-0.4, -0.2) is 42.5 Å². The van der Waals surface area contributed by atoms with E-state index >= 15 is 0 Å². The van der Waals surface area contributed by atoms with Crippen LogP contribution in [0, 0.1) is 0 Å². The van der Waals surface area contributed by atoms with E-state index in [9.17, 15) is 14.4 Å². The van der Waals surface area contributed by atoms with Crippen molar-refractivity contribution in [3.63, 3.8) is 0 Å². The van der Waals surface area contributed by atoms with Gasteiger partial charge in [0, 0.05) is 20.8 Å². The lowest BCUT2D eigenvalue weighted by atomic mass is 10.0. The highest BCUT2D eigenvalue weighted by Gasteiger charge is 2.42. The third-order valence-electron chi connectivity index (χ3n) is 2.54. The first kappa shape index (κ1) is 15.4. The molecule has 108 valence electrons. The number of carbonyl (C=O) groups excluding carboxylic acids is 3. The van der Waals surface area contributed by atoms with E-state index in [1.807, 2.05) is 0 Å². The molecule has 1 heterocycles. The maximum Gasteiger partial charge on any atom is 0.304 e. The minimum absolute atomic E-state index is 0.126. The molecular formula is C12H18O7. The molecule has 0 radical (unpaired) electrons. The Bertz CT molecular complexity index is 365. The number of hydrogen-bond donors (Lipinski definition) is 0. The summed E-state index contributed by atoms with van der Waals surface area (Å²) in [5.74, 6) is -1.49. The van der Waals surface area contributed by atoms with Crippen molar-refractivity contribution in [2.24, 2.45) is 0 Å². The molecule has 0 saturated carbocycles. The normalized spacial score (nSPS) is 30.3. The Kier molecular flexibility index (Phi) is 5.29. The average Bonchev–Trinajstić information content (AvgIpc) is 2.21. The molecule has 0 amide bonds. The van der Waals surface area contributed by atoms with E-state index < -0.39 is 42.5 Å². The van der Waals surface area contributed by atoms with Crippen molar-refractivity contribution in [2.75, 3.05) is 0 Å². The number of rotatable bonds is 3. The lowest BCUT2D eigenvalue weighted by molar-refractivity contribution is -0.250. The van der Waals surface area contributed by atoms with Crippen LogP contribution >= 0.6 is 0 Å². The molecule has 1 fully saturated rings. The van der Waals surface area contributed by atoms with Crippen molar-refractivity contribution in [1.82, 2.24) is 0 Å². The van der Waals surface area contributed by atoms with Gasteiger partial charge in [-0.25, -0.2) is 0 Å². The van der Waals surface area contributed by atoms with Gasteiger partial charge in [-0.1, -0.05) is 0 Å². The van der Waals surface area contributed by atoms with E-state index in [4.69, 9.17) is 18.9 Å². The van der Waals surface area contributed by atoms with Gasteiger partial charge in [0.25, 0.3) is 0 Å². The molecule has 0 aliphatic carbocycles. The molecule has 0 N–H and O–H groups in total. The first-order valence-corrected chi connectivity index (χ1v) is 5.96. The second-order valence-corrected chi connectivity index (χ2v) is 4.34. The van der Waals surface area contributed by atoms with Gasteiger partial charge in [-0.15, -0.1) is 0 Å². The fraction of sp³-hybridized carbons (Fsp3) is 0.750. The molecule has 7 nitrogen and oxygen atoms in total. The molecule has 19 heavy (non-hydrogen) atoms. The van der Waals surface area contributed by atoms with Crippen LogP contribution in [0.4, 0.5) is 0 Å². The van der Waals surface area contributed by atoms with Crippen LogP contribution in [0.15, 0.2) is 0 Å². The van der Waals surface area contributed by atoms with Gasteiger partial charge in [0.05, 0.1) is 12.5 Å². The molecule has 1 saturated heterocycles. The highest BCUT2D eigenvalue weighted by molar-refractivity contribution is 5.67. The molecule has 0 bridgehead atoms. The summed E-state index contributed by atoms with van der Waals surface area (Å²) < 4.78 is 20.5. The van der Waals surface area contributed by atoms with Crippen LogP contribution in [0.1, 0.15) is 34.1 Å². The zero-order valence-electron chi connectivity index (χ0n) is 11.4. The number of esters is 3. The summed E-state index contributed by atoms with van der Waals surface area (Å²) in [5.41, 5.74) is 0. The van der Waals surface area contributed by atoms with Crippen LogP contribution < -0.4 is 0 Å². The highest BCUT2D eigenvalue weighted by Crippen LogP contribution is 2.26. The van der Waals surface area contributed by atoms with Crippen molar-refractivity contribution in [3.8, 4) is 0 Å². The van der Waals surface area contributed by atoms with E-state index in [0.717, 1.165) is 0 Å². The fourth-order valence-electron chi connectivity index (χ4n) is 1.95. The smallest absolute Gasteiger partial charge is 0.304 e. The van der Waals surface area contributed by atoms with E-state index in [-0.39, 0.29) is 6.42 Å². The second kappa shape index (κ2) is 6.51. The molecule has 0 aromatic heterocycles. The molecule has 1 aliphatic heterocycles. The summed E-state index contributed by atoms with van der Waals surface area (Å²) >= 11 is 0. The van der Waals surface area contributed by atoms with Gasteiger partial charge >= 0.3 is 17.9 Å². The Hall–Kier alpha value is -1.63. The minimum atomic E-state index is -0.816. The van der Waals surface area contributed by atoms with Crippen molar-refractivity contribution >= 4 is 17.9 Å². The van der Waals surface area contributed by atoms with Crippen molar-refractivity contribution < 1.29 is 33.3 Å². The molecule has 7 heteroatoms. The molecular weight excluding hydrogens is 256 g/mol. The first-order valence-electron chi connectivity index (χ1n) is 5.96. The molecule has 0 aromatic carbocycles. The van der Waals surface area contributed by atoms with Crippen LogP contribution in [0.2, 0.25) is 0 Å². The van der Waals surface area contributed by atoms with Gasteiger partial charge in [-0.3, -0.25) is 14.4 Å². The van der Waals surface area contributed by atoms with E-state index in [2.05, 4.69) is 0 Å². The van der Waals surface area contributed by atoms with Gasteiger partial charge in [-0.2, -0.15) is 0 Å². The lowest BCUT2D eigenvalue weighted by Gasteiger charge is -2.38. The zero-order valence-corrected chi connectivity index (χ0v) is 11.4. The Labute approximate surface area is 111 Å². The summed E-state index contributed by atoms with van der Waals surface area (Å²) in [4.78, 5) is 33.0. The average molecular weight is 274 g/mol. The minimum Gasteiger partial charge on any atom is -0.458 e. The van der Waals surface area contributed by atoms with Crippen LogP contribution in [0.5, 0.6) is 0 Å². The van der Waals surface area contributed by atoms with Gasteiger partial charge < -0.3 is 18.9 Å². The second-order valence-electron chi connectivity index (χ2n) is 4.34. The van der Waals surface area contributed by atoms with E-state index in [1.165, 1.54) is 20.8 Å². The molecule has 0 spiro atoms. The van der Waals surface area contributed by atoms with Gasteiger partial charge in [-0.05, 0) is 6.92 Å². The van der Waals surface area contributed by atoms with Crippen molar-refractivity contribution in [1.29, 1.82) is 0 Å². The quantitative estimate of drug-likeness (QED) is 0.548. The van der Waals surface area contributed by atoms with Gasteiger partial charge in [0.15, 0.2) is 6.10 Å². The lowest BCUT2D eigenvalue weighted by Crippen LogP contribution is -2.51. The summed E-state index contributed by atoms with van der Waals surface area (Å²) in [6, 6.07) is 0. The Morgan fingerprint density at radius 2 is 1.47 bits per heavy atom. The SMILES string of the molecule is CC(=O)O[C@H]1C[C@H](OC(C)=O)[C@H](OC(C)=O)[C@@H](C)O1. The molecule has 1 aliphatic rings. The summed E-state index contributed by atoms with van der Waals surface area (Å²) in [7, 11) is 0. The molecule has 4 atom stereocenters. The van der Waals surface area contributed by atoms with Crippen molar-refractivity contribution in [3.05, 3.63) is 0 Å². The fourth-order valence-corrected chi connectivity index (χ4v) is 1.95. The summed E-state index contributed by atoms with van der Waals surface area (Å²) in [6.45, 7) is 5.42. The number of hydrogen-bond acceptors (Lipinski definition) is 7. The highest BCUT2D eigenvalue weighted by atomic mass is 16.7. The largest absolute Gasteiger partial charge is 0.458 e. The standard InChI is InChI=1S/C12H18O7/c1-6-12(19-9(4)15)10(17-7(2)13)5-11(16-6)18-8(3)14/h6,10-12H,5H2,1-4H3/t6-,10+,11+,12-/m1/s1.